The van der Waals surface area contributed by atoms with Crippen molar-refractivity contribution < 1.29 is 39.3 Å². The summed E-state index contributed by atoms with van der Waals surface area (Å²) in [6.45, 7) is -1.38. The van der Waals surface area contributed by atoms with Crippen molar-refractivity contribution in [2.75, 3.05) is 19.8 Å². The van der Waals surface area contributed by atoms with Gasteiger partial charge < -0.3 is 48.5 Å². The van der Waals surface area contributed by atoms with E-state index in [1.807, 2.05) is 5.32 Å². The number of carboxylic acids is 1. The quantitative estimate of drug-likeness (QED) is 0.102. The molecule has 0 aromatic heterocycles. The van der Waals surface area contributed by atoms with Gasteiger partial charge in [0, 0.05) is 6.42 Å². The molecule has 0 aliphatic rings. The Hall–Kier alpha value is -2.81. The predicted octanol–water partition coefficient (Wildman–Crippen LogP) is -4.77. The molecule has 0 rings (SSSR count). The summed E-state index contributed by atoms with van der Waals surface area (Å²) in [6, 6.07) is -5.45. The fourth-order valence-electron chi connectivity index (χ4n) is 2.40. The molecule has 0 aromatic carbocycles. The number of aliphatic hydroxyl groups excluding tert-OH is 2. The van der Waals surface area contributed by atoms with E-state index in [-0.39, 0.29) is 12.8 Å². The van der Waals surface area contributed by atoms with Gasteiger partial charge in [0.15, 0.2) is 0 Å². The Morgan fingerprint density at radius 2 is 1.29 bits per heavy atom. The Morgan fingerprint density at radius 3 is 1.77 bits per heavy atom. The molecule has 31 heavy (non-hydrogen) atoms. The van der Waals surface area contributed by atoms with Gasteiger partial charge in [0.2, 0.25) is 23.6 Å². The van der Waals surface area contributed by atoms with Crippen molar-refractivity contribution in [2.24, 2.45) is 17.2 Å². The van der Waals surface area contributed by atoms with E-state index in [9.17, 15) is 29.1 Å². The van der Waals surface area contributed by atoms with Crippen LogP contribution in [0.5, 0.6) is 0 Å². The van der Waals surface area contributed by atoms with Gasteiger partial charge in [-0.05, 0) is 25.8 Å². The monoisotopic (exact) mass is 448 g/mol. The van der Waals surface area contributed by atoms with Crippen LogP contribution >= 0.6 is 0 Å². The zero-order chi connectivity index (χ0) is 24.0. The molecule has 14 heteroatoms. The van der Waals surface area contributed by atoms with Crippen LogP contribution in [0, 0.1) is 0 Å². The summed E-state index contributed by atoms with van der Waals surface area (Å²) >= 11 is 0. The van der Waals surface area contributed by atoms with Gasteiger partial charge in [-0.15, -0.1) is 0 Å². The summed E-state index contributed by atoms with van der Waals surface area (Å²) in [4.78, 5) is 58.9. The largest absolute Gasteiger partial charge is 0.480 e. The zero-order valence-corrected chi connectivity index (χ0v) is 17.1. The van der Waals surface area contributed by atoms with Gasteiger partial charge in [-0.3, -0.25) is 19.2 Å². The molecule has 178 valence electrons. The van der Waals surface area contributed by atoms with Gasteiger partial charge in [-0.1, -0.05) is 6.42 Å². The third kappa shape index (κ3) is 11.2. The minimum absolute atomic E-state index is 0.198. The zero-order valence-electron chi connectivity index (χ0n) is 17.1. The molecule has 0 saturated carbocycles. The van der Waals surface area contributed by atoms with E-state index >= 15 is 0 Å². The van der Waals surface area contributed by atoms with Gasteiger partial charge >= 0.3 is 5.97 Å². The van der Waals surface area contributed by atoms with Crippen LogP contribution in [-0.2, 0) is 24.0 Å². The molecule has 4 atom stereocenters. The summed E-state index contributed by atoms with van der Waals surface area (Å²) < 4.78 is 0. The smallest absolute Gasteiger partial charge is 0.328 e. The predicted molar refractivity (Wildman–Crippen MR) is 107 cm³/mol. The molecule has 4 amide bonds. The van der Waals surface area contributed by atoms with Crippen molar-refractivity contribution in [1.29, 1.82) is 0 Å². The average Bonchev–Trinajstić information content (AvgIpc) is 2.72. The number of carbonyl (C=O) groups is 5. The second kappa shape index (κ2) is 15.1. The third-order valence-corrected chi connectivity index (χ3v) is 4.23. The topological polar surface area (TPSA) is 260 Å². The lowest BCUT2D eigenvalue weighted by Gasteiger charge is -2.24. The number of aliphatic carboxylic acids is 1. The number of unbranched alkanes of at least 4 members (excludes halogenated alkanes) is 1. The molecule has 14 nitrogen and oxygen atoms in total. The summed E-state index contributed by atoms with van der Waals surface area (Å²) in [5, 5.41) is 33.7. The van der Waals surface area contributed by atoms with Crippen molar-refractivity contribution in [3.05, 3.63) is 0 Å². The van der Waals surface area contributed by atoms with E-state index in [0.29, 0.717) is 25.8 Å². The van der Waals surface area contributed by atoms with Gasteiger partial charge in [-0.2, -0.15) is 0 Å². The number of hydrogen-bond acceptors (Lipinski definition) is 9. The lowest BCUT2D eigenvalue weighted by Crippen LogP contribution is -2.58. The molecule has 12 N–H and O–H groups in total. The van der Waals surface area contributed by atoms with Crippen molar-refractivity contribution >= 4 is 29.6 Å². The molecule has 0 fully saturated rings. The minimum atomic E-state index is -1.64. The lowest BCUT2D eigenvalue weighted by molar-refractivity contribution is -0.143. The number of primary amides is 1. The molecular formula is C17H32N6O8. The number of carbonyl (C=O) groups excluding carboxylic acids is 4. The van der Waals surface area contributed by atoms with Crippen LogP contribution in [0.1, 0.15) is 32.1 Å². The summed E-state index contributed by atoms with van der Waals surface area (Å²) in [7, 11) is 0. The SMILES string of the molecule is NCCCCC(N)C(=O)NC(CCC(N)=O)C(=O)NC(CO)C(=O)NC(CO)C(=O)O. The Bertz CT molecular complexity index is 632. The maximum Gasteiger partial charge on any atom is 0.328 e. The van der Waals surface area contributed by atoms with E-state index in [4.69, 9.17) is 27.4 Å². The Kier molecular flexibility index (Phi) is 13.7. The van der Waals surface area contributed by atoms with Crippen LogP contribution in [0.2, 0.25) is 0 Å². The van der Waals surface area contributed by atoms with Crippen LogP contribution < -0.4 is 33.2 Å². The molecule has 0 saturated heterocycles. The molecule has 0 heterocycles. The highest BCUT2D eigenvalue weighted by atomic mass is 16.4. The van der Waals surface area contributed by atoms with Gasteiger partial charge in [0.1, 0.15) is 18.1 Å². The molecular weight excluding hydrogens is 416 g/mol. The summed E-state index contributed by atoms with van der Waals surface area (Å²) in [6.07, 6.45) is 1.10. The number of carboxylic acid groups (broad SMARTS) is 1. The maximum atomic E-state index is 12.5. The number of nitrogens with two attached hydrogens (primary N) is 3. The lowest BCUT2D eigenvalue weighted by atomic mass is 10.1. The van der Waals surface area contributed by atoms with Gasteiger partial charge in [0.05, 0.1) is 19.3 Å². The first-order chi connectivity index (χ1) is 14.6. The first-order valence-electron chi connectivity index (χ1n) is 9.66. The van der Waals surface area contributed by atoms with Crippen molar-refractivity contribution in [1.82, 2.24) is 16.0 Å². The summed E-state index contributed by atoms with van der Waals surface area (Å²) in [5.74, 6) is -4.92. The number of amides is 4. The Morgan fingerprint density at radius 1 is 0.774 bits per heavy atom. The van der Waals surface area contributed by atoms with E-state index in [1.165, 1.54) is 0 Å². The number of rotatable bonds is 16. The number of nitrogens with one attached hydrogen (secondary N) is 3. The second-order valence-corrected chi connectivity index (χ2v) is 6.78. The van der Waals surface area contributed by atoms with Gasteiger partial charge in [-0.25, -0.2) is 4.79 Å². The van der Waals surface area contributed by atoms with Gasteiger partial charge in [0.25, 0.3) is 0 Å². The van der Waals surface area contributed by atoms with E-state index in [1.54, 1.807) is 0 Å². The Balaban J connectivity index is 5.15. The van der Waals surface area contributed by atoms with Crippen molar-refractivity contribution in [3.8, 4) is 0 Å². The highest BCUT2D eigenvalue weighted by Gasteiger charge is 2.30. The first-order valence-corrected chi connectivity index (χ1v) is 9.66. The maximum absolute atomic E-state index is 12.5. The van der Waals surface area contributed by atoms with E-state index in [2.05, 4.69) is 10.6 Å². The third-order valence-electron chi connectivity index (χ3n) is 4.23. The fraction of sp³-hybridized carbons (Fsp3) is 0.706. The van der Waals surface area contributed by atoms with Crippen LogP contribution in [0.25, 0.3) is 0 Å². The molecule has 0 aromatic rings. The van der Waals surface area contributed by atoms with Crippen LogP contribution in [0.3, 0.4) is 0 Å². The van der Waals surface area contributed by atoms with Crippen LogP contribution in [0.4, 0.5) is 0 Å². The fourth-order valence-corrected chi connectivity index (χ4v) is 2.40. The van der Waals surface area contributed by atoms with Crippen molar-refractivity contribution in [3.63, 3.8) is 0 Å². The second-order valence-electron chi connectivity index (χ2n) is 6.78. The highest BCUT2D eigenvalue weighted by molar-refractivity contribution is 5.94. The summed E-state index contributed by atoms with van der Waals surface area (Å²) in [5.41, 5.74) is 16.2. The van der Waals surface area contributed by atoms with E-state index in [0.717, 1.165) is 0 Å². The van der Waals surface area contributed by atoms with Crippen molar-refractivity contribution in [2.45, 2.75) is 56.3 Å². The Labute approximate surface area is 178 Å². The molecule has 0 radical (unpaired) electrons. The number of aliphatic hydroxyl groups is 2. The molecule has 0 aliphatic carbocycles. The highest BCUT2D eigenvalue weighted by Crippen LogP contribution is 2.03. The number of hydrogen-bond donors (Lipinski definition) is 9. The average molecular weight is 448 g/mol. The van der Waals surface area contributed by atoms with Crippen LogP contribution in [-0.4, -0.2) is 88.8 Å². The normalized spacial score (nSPS) is 14.6. The van der Waals surface area contributed by atoms with Crippen LogP contribution in [0.15, 0.2) is 0 Å². The first kappa shape index (κ1) is 28.2. The molecule has 0 bridgehead atoms. The van der Waals surface area contributed by atoms with E-state index < -0.39 is 67.0 Å². The molecule has 0 spiro atoms. The minimum Gasteiger partial charge on any atom is -0.480 e. The standard InChI is InChI=1S/C17H32N6O8/c18-6-2-1-3-9(19)14(27)21-10(4-5-13(20)26)15(28)22-11(7-24)16(29)23-12(8-25)17(30)31/h9-12,24-25H,1-8,18-19H2,(H2,20,26)(H,21,27)(H,22,28)(H,23,29)(H,30,31). The molecule has 0 aliphatic heterocycles. The molecule has 4 unspecified atom stereocenters.